The summed E-state index contributed by atoms with van der Waals surface area (Å²) in [7, 11) is 0. The number of hydrogen-bond donors (Lipinski definition) is 3. The minimum absolute atomic E-state index is 0.0594. The molecule has 0 spiro atoms. The Labute approximate surface area is 86.8 Å². The number of aliphatic hydroxyl groups is 2. The highest BCUT2D eigenvalue weighted by atomic mass is 16.3. The van der Waals surface area contributed by atoms with Crippen molar-refractivity contribution in [1.29, 1.82) is 0 Å². The molecule has 2 aromatic rings. The summed E-state index contributed by atoms with van der Waals surface area (Å²) in [6, 6.07) is 1.82. The molecule has 15 heavy (non-hydrogen) atoms. The van der Waals surface area contributed by atoms with Gasteiger partial charge >= 0.3 is 0 Å². The minimum Gasteiger partial charge on any atom is -0.396 e. The van der Waals surface area contributed by atoms with Crippen LogP contribution in [-0.4, -0.2) is 31.8 Å². The normalized spacial score (nSPS) is 13.3. The van der Waals surface area contributed by atoms with Crippen molar-refractivity contribution in [2.24, 2.45) is 0 Å². The molecule has 1 unspecified atom stereocenters. The fraction of sp³-hybridized carbons (Fsp3) is 0.400. The lowest BCUT2D eigenvalue weighted by molar-refractivity contribution is 0.132. The Morgan fingerprint density at radius 2 is 2.27 bits per heavy atom. The summed E-state index contributed by atoms with van der Waals surface area (Å²) in [6.07, 6.45) is 1.31. The highest BCUT2D eigenvalue weighted by molar-refractivity contribution is 5.78. The van der Waals surface area contributed by atoms with Crippen LogP contribution in [0.15, 0.2) is 12.3 Å². The number of hydrogen-bond acceptors (Lipinski definition) is 4. The molecule has 5 heteroatoms. The Morgan fingerprint density at radius 1 is 1.47 bits per heavy atom. The first-order valence-corrected chi connectivity index (χ1v) is 4.83. The molecule has 2 heterocycles. The average molecular weight is 207 g/mol. The molecular weight excluding hydrogens is 194 g/mol. The Morgan fingerprint density at radius 3 is 3.00 bits per heavy atom. The Hall–Kier alpha value is -1.46. The van der Waals surface area contributed by atoms with Crippen molar-refractivity contribution in [1.82, 2.24) is 15.0 Å². The Bertz CT molecular complexity index is 467. The van der Waals surface area contributed by atoms with E-state index in [2.05, 4.69) is 15.0 Å². The molecule has 0 aliphatic heterocycles. The van der Waals surface area contributed by atoms with Gasteiger partial charge in [0.2, 0.25) is 0 Å². The third-order valence-electron chi connectivity index (χ3n) is 2.28. The molecule has 0 amide bonds. The van der Waals surface area contributed by atoms with Crippen molar-refractivity contribution in [3.8, 4) is 0 Å². The molecule has 5 nitrogen and oxygen atoms in total. The third-order valence-corrected chi connectivity index (χ3v) is 2.28. The van der Waals surface area contributed by atoms with Crippen LogP contribution in [0.3, 0.4) is 0 Å². The van der Waals surface area contributed by atoms with Gasteiger partial charge in [-0.05, 0) is 13.0 Å². The van der Waals surface area contributed by atoms with Crippen molar-refractivity contribution >= 4 is 11.0 Å². The molecule has 0 aliphatic carbocycles. The van der Waals surface area contributed by atoms with Gasteiger partial charge in [-0.1, -0.05) is 0 Å². The molecule has 2 rings (SSSR count). The van der Waals surface area contributed by atoms with Gasteiger partial charge in [-0.25, -0.2) is 9.97 Å². The first-order valence-electron chi connectivity index (χ1n) is 4.83. The number of aromatic amines is 1. The first kappa shape index (κ1) is 10.1. The molecule has 3 N–H and O–H groups in total. The zero-order chi connectivity index (χ0) is 10.8. The molecule has 0 radical (unpaired) electrons. The Kier molecular flexibility index (Phi) is 2.66. The highest BCUT2D eigenvalue weighted by Crippen LogP contribution is 2.22. The molecule has 0 aliphatic rings. The van der Waals surface area contributed by atoms with Crippen molar-refractivity contribution in [2.45, 2.75) is 19.4 Å². The lowest BCUT2D eigenvalue weighted by atomic mass is 10.1. The van der Waals surface area contributed by atoms with E-state index in [4.69, 9.17) is 5.11 Å². The van der Waals surface area contributed by atoms with Gasteiger partial charge < -0.3 is 15.2 Å². The predicted octanol–water partition coefficient (Wildman–Crippen LogP) is 0.682. The number of aryl methyl sites for hydroxylation is 1. The minimum atomic E-state index is -0.741. The quantitative estimate of drug-likeness (QED) is 0.691. The standard InChI is InChI=1S/C10H13N3O2/c1-6-12-9(8(15)3-5-14)7-2-4-11-10(7)13-6/h2,4,8,14-15H,3,5H2,1H3,(H,11,12,13). The van der Waals surface area contributed by atoms with E-state index >= 15 is 0 Å². The van der Waals surface area contributed by atoms with Crippen LogP contribution in [0.25, 0.3) is 11.0 Å². The van der Waals surface area contributed by atoms with Crippen molar-refractivity contribution in [3.63, 3.8) is 0 Å². The molecule has 0 saturated carbocycles. The van der Waals surface area contributed by atoms with Gasteiger partial charge in [0.1, 0.15) is 11.5 Å². The van der Waals surface area contributed by atoms with E-state index in [1.807, 2.05) is 6.07 Å². The van der Waals surface area contributed by atoms with Crippen molar-refractivity contribution in [2.75, 3.05) is 6.61 Å². The van der Waals surface area contributed by atoms with Gasteiger partial charge in [0.25, 0.3) is 0 Å². The topological polar surface area (TPSA) is 82.0 Å². The number of aliphatic hydroxyl groups excluding tert-OH is 2. The monoisotopic (exact) mass is 207 g/mol. The largest absolute Gasteiger partial charge is 0.396 e. The summed E-state index contributed by atoms with van der Waals surface area (Å²) in [4.78, 5) is 11.4. The molecule has 1 atom stereocenters. The predicted molar refractivity (Wildman–Crippen MR) is 55.3 cm³/mol. The van der Waals surface area contributed by atoms with Gasteiger partial charge in [-0.15, -0.1) is 0 Å². The zero-order valence-corrected chi connectivity index (χ0v) is 8.44. The average Bonchev–Trinajstić information content (AvgIpc) is 2.64. The fourth-order valence-corrected chi connectivity index (χ4v) is 1.59. The first-order chi connectivity index (χ1) is 7.22. The molecule has 0 saturated heterocycles. The van der Waals surface area contributed by atoms with Crippen LogP contribution in [0.2, 0.25) is 0 Å². The smallest absolute Gasteiger partial charge is 0.141 e. The zero-order valence-electron chi connectivity index (χ0n) is 8.44. The maximum absolute atomic E-state index is 9.80. The molecule has 80 valence electrons. The van der Waals surface area contributed by atoms with E-state index < -0.39 is 6.10 Å². The van der Waals surface area contributed by atoms with Gasteiger partial charge in [0, 0.05) is 24.6 Å². The Balaban J connectivity index is 2.52. The van der Waals surface area contributed by atoms with Crippen LogP contribution in [0.1, 0.15) is 24.0 Å². The van der Waals surface area contributed by atoms with Gasteiger partial charge in [-0.3, -0.25) is 0 Å². The van der Waals surface area contributed by atoms with Gasteiger partial charge in [0.15, 0.2) is 0 Å². The summed E-state index contributed by atoms with van der Waals surface area (Å²) in [5.74, 6) is 0.608. The number of H-pyrrole nitrogens is 1. The van der Waals surface area contributed by atoms with E-state index in [1.54, 1.807) is 13.1 Å². The number of fused-ring (bicyclic) bond motifs is 1. The molecular formula is C10H13N3O2. The van der Waals surface area contributed by atoms with E-state index in [9.17, 15) is 5.11 Å². The SMILES string of the molecule is Cc1nc(C(O)CCO)c2cc[nH]c2n1. The third kappa shape index (κ3) is 1.84. The highest BCUT2D eigenvalue weighted by Gasteiger charge is 2.14. The fourth-order valence-electron chi connectivity index (χ4n) is 1.59. The van der Waals surface area contributed by atoms with Crippen LogP contribution in [0, 0.1) is 6.92 Å². The second-order valence-electron chi connectivity index (χ2n) is 3.42. The molecule has 0 fully saturated rings. The maximum Gasteiger partial charge on any atom is 0.141 e. The number of nitrogens with one attached hydrogen (secondary N) is 1. The summed E-state index contributed by atoms with van der Waals surface area (Å²) in [6.45, 7) is 1.71. The van der Waals surface area contributed by atoms with Crippen molar-refractivity contribution in [3.05, 3.63) is 23.8 Å². The number of nitrogens with zero attached hydrogens (tertiary/aromatic N) is 2. The van der Waals surface area contributed by atoms with Crippen LogP contribution in [-0.2, 0) is 0 Å². The van der Waals surface area contributed by atoms with Gasteiger partial charge in [-0.2, -0.15) is 0 Å². The van der Waals surface area contributed by atoms with Crippen LogP contribution >= 0.6 is 0 Å². The van der Waals surface area contributed by atoms with E-state index in [0.29, 0.717) is 11.5 Å². The second-order valence-corrected chi connectivity index (χ2v) is 3.42. The lowest BCUT2D eigenvalue weighted by Crippen LogP contribution is -2.05. The summed E-state index contributed by atoms with van der Waals surface area (Å²) in [5, 5.41) is 19.4. The number of rotatable bonds is 3. The number of aromatic nitrogens is 3. The van der Waals surface area contributed by atoms with E-state index in [0.717, 1.165) is 11.0 Å². The van der Waals surface area contributed by atoms with Crippen LogP contribution in [0.5, 0.6) is 0 Å². The second kappa shape index (κ2) is 3.96. The molecule has 0 bridgehead atoms. The maximum atomic E-state index is 9.80. The van der Waals surface area contributed by atoms with Crippen LogP contribution < -0.4 is 0 Å². The summed E-state index contributed by atoms with van der Waals surface area (Å²) < 4.78 is 0. The lowest BCUT2D eigenvalue weighted by Gasteiger charge is -2.09. The van der Waals surface area contributed by atoms with E-state index in [-0.39, 0.29) is 13.0 Å². The van der Waals surface area contributed by atoms with Crippen molar-refractivity contribution < 1.29 is 10.2 Å². The van der Waals surface area contributed by atoms with Crippen LogP contribution in [0.4, 0.5) is 0 Å². The summed E-state index contributed by atoms with van der Waals surface area (Å²) >= 11 is 0. The summed E-state index contributed by atoms with van der Waals surface area (Å²) in [5.41, 5.74) is 1.29. The molecule has 0 aromatic carbocycles. The van der Waals surface area contributed by atoms with Gasteiger partial charge in [0.05, 0.1) is 11.8 Å². The van der Waals surface area contributed by atoms with E-state index in [1.165, 1.54) is 0 Å². The molecule has 2 aromatic heterocycles.